The van der Waals surface area contributed by atoms with Crippen LogP contribution in [0, 0.1) is 0 Å². The van der Waals surface area contributed by atoms with Crippen LogP contribution in [0.2, 0.25) is 0 Å². The van der Waals surface area contributed by atoms with Crippen molar-refractivity contribution in [2.45, 2.75) is 6.54 Å². The Kier molecular flexibility index (Phi) is 4.27. The van der Waals surface area contributed by atoms with Crippen LogP contribution >= 0.6 is 0 Å². The van der Waals surface area contributed by atoms with E-state index in [-0.39, 0.29) is 5.91 Å². The molecule has 2 rings (SSSR count). The number of nitrogens with zero attached hydrogens (tertiary/aromatic N) is 5. The molecule has 1 aromatic rings. The minimum atomic E-state index is 0.152. The number of carbonyl (C=O) groups excluding carboxylic acids is 1. The fourth-order valence-corrected chi connectivity index (χ4v) is 1.91. The number of likely N-dealkylation sites (N-methyl/N-ethyl adjacent to an activating group) is 1. The highest BCUT2D eigenvalue weighted by Gasteiger charge is 2.18. The first-order valence-corrected chi connectivity index (χ1v) is 6.16. The first-order valence-electron chi connectivity index (χ1n) is 6.16. The lowest BCUT2D eigenvalue weighted by molar-refractivity contribution is -0.131. The molecule has 1 aromatic heterocycles. The third-order valence-corrected chi connectivity index (χ3v) is 3.06. The zero-order valence-electron chi connectivity index (χ0n) is 11.0. The highest BCUT2D eigenvalue weighted by atomic mass is 16.2. The molecule has 7 nitrogen and oxygen atoms in total. The van der Waals surface area contributed by atoms with Crippen molar-refractivity contribution >= 4 is 5.91 Å². The Morgan fingerprint density at radius 1 is 1.33 bits per heavy atom. The number of aromatic nitrogens is 3. The minimum Gasteiger partial charge on any atom is -0.339 e. The zero-order valence-corrected chi connectivity index (χ0v) is 11.0. The van der Waals surface area contributed by atoms with E-state index in [4.69, 9.17) is 0 Å². The number of carbonyl (C=O) groups is 1. The molecule has 100 valence electrons. The molecule has 1 amide bonds. The Morgan fingerprint density at radius 2 is 2.06 bits per heavy atom. The highest BCUT2D eigenvalue weighted by molar-refractivity contribution is 5.78. The van der Waals surface area contributed by atoms with Crippen molar-refractivity contribution in [3.8, 4) is 0 Å². The molecule has 1 aliphatic rings. The van der Waals surface area contributed by atoms with Crippen LogP contribution in [-0.2, 0) is 18.4 Å². The monoisotopic (exact) mass is 252 g/mol. The van der Waals surface area contributed by atoms with Crippen molar-refractivity contribution < 1.29 is 4.79 Å². The molecule has 18 heavy (non-hydrogen) atoms. The second-order valence-electron chi connectivity index (χ2n) is 4.62. The second kappa shape index (κ2) is 5.92. The molecule has 0 atom stereocenters. The number of hydrogen-bond donors (Lipinski definition) is 1. The summed E-state index contributed by atoms with van der Waals surface area (Å²) in [5, 5.41) is 7.22. The second-order valence-corrected chi connectivity index (χ2v) is 4.62. The van der Waals surface area contributed by atoms with Gasteiger partial charge in [-0.1, -0.05) is 0 Å². The lowest BCUT2D eigenvalue weighted by Crippen LogP contribution is -2.49. The lowest BCUT2D eigenvalue weighted by atomic mass is 10.3. The zero-order chi connectivity index (χ0) is 13.0. The molecule has 0 aliphatic carbocycles. The Morgan fingerprint density at radius 3 is 2.67 bits per heavy atom. The number of rotatable bonds is 4. The van der Waals surface area contributed by atoms with Crippen LogP contribution in [-0.4, -0.2) is 70.2 Å². The van der Waals surface area contributed by atoms with Crippen molar-refractivity contribution in [3.05, 3.63) is 12.2 Å². The van der Waals surface area contributed by atoms with E-state index in [0.29, 0.717) is 18.9 Å². The average molecular weight is 252 g/mol. The van der Waals surface area contributed by atoms with Gasteiger partial charge in [0.2, 0.25) is 5.91 Å². The van der Waals surface area contributed by atoms with Gasteiger partial charge in [-0.25, -0.2) is 4.98 Å². The van der Waals surface area contributed by atoms with Gasteiger partial charge in [0, 0.05) is 33.2 Å². The number of piperazine rings is 1. The van der Waals surface area contributed by atoms with E-state index >= 15 is 0 Å². The van der Waals surface area contributed by atoms with Crippen LogP contribution in [0.5, 0.6) is 0 Å². The molecule has 1 N–H and O–H groups in total. The van der Waals surface area contributed by atoms with E-state index < -0.39 is 0 Å². The van der Waals surface area contributed by atoms with Gasteiger partial charge in [-0.2, -0.15) is 5.10 Å². The first kappa shape index (κ1) is 13.0. The summed E-state index contributed by atoms with van der Waals surface area (Å²) in [7, 11) is 3.90. The molecule has 0 spiro atoms. The number of hydrogen-bond acceptors (Lipinski definition) is 5. The summed E-state index contributed by atoms with van der Waals surface area (Å²) in [6.45, 7) is 4.42. The van der Waals surface area contributed by atoms with Crippen LogP contribution in [0.3, 0.4) is 0 Å². The lowest BCUT2D eigenvalue weighted by Gasteiger charge is -2.32. The van der Waals surface area contributed by atoms with Gasteiger partial charge in [0.1, 0.15) is 6.33 Å². The Bertz CT molecular complexity index is 396. The van der Waals surface area contributed by atoms with Gasteiger partial charge in [0.15, 0.2) is 5.82 Å². The largest absolute Gasteiger partial charge is 0.339 e. The van der Waals surface area contributed by atoms with Crippen molar-refractivity contribution in [2.24, 2.45) is 7.05 Å². The van der Waals surface area contributed by atoms with Crippen LogP contribution in [0.15, 0.2) is 6.33 Å². The molecule has 1 fully saturated rings. The van der Waals surface area contributed by atoms with Crippen molar-refractivity contribution in [1.82, 2.24) is 29.9 Å². The maximum Gasteiger partial charge on any atom is 0.236 e. The molecular formula is C11H20N6O. The number of nitrogens with one attached hydrogen (secondary N) is 1. The van der Waals surface area contributed by atoms with Gasteiger partial charge in [-0.15, -0.1) is 0 Å². The average Bonchev–Trinajstić information content (AvgIpc) is 2.76. The molecule has 2 heterocycles. The van der Waals surface area contributed by atoms with E-state index in [1.807, 2.05) is 11.9 Å². The summed E-state index contributed by atoms with van der Waals surface area (Å²) in [5.74, 6) is 0.864. The molecule has 0 saturated carbocycles. The van der Waals surface area contributed by atoms with Crippen LogP contribution in [0.4, 0.5) is 0 Å². The van der Waals surface area contributed by atoms with Gasteiger partial charge >= 0.3 is 0 Å². The van der Waals surface area contributed by atoms with Gasteiger partial charge in [-0.05, 0) is 7.05 Å². The molecule has 0 radical (unpaired) electrons. The molecule has 0 bridgehead atoms. The number of aryl methyl sites for hydroxylation is 1. The molecule has 0 aromatic carbocycles. The third-order valence-electron chi connectivity index (χ3n) is 3.06. The van der Waals surface area contributed by atoms with Gasteiger partial charge < -0.3 is 15.1 Å². The Hall–Kier alpha value is -1.47. The van der Waals surface area contributed by atoms with E-state index in [1.165, 1.54) is 0 Å². The summed E-state index contributed by atoms with van der Waals surface area (Å²) >= 11 is 0. The topological polar surface area (TPSA) is 66.3 Å². The summed E-state index contributed by atoms with van der Waals surface area (Å²) in [6, 6.07) is 0. The molecule has 1 saturated heterocycles. The van der Waals surface area contributed by atoms with Crippen molar-refractivity contribution in [3.63, 3.8) is 0 Å². The predicted octanol–water partition coefficient (Wildman–Crippen LogP) is -1.32. The molecule has 7 heteroatoms. The molecule has 0 unspecified atom stereocenters. The fourth-order valence-electron chi connectivity index (χ4n) is 1.91. The maximum atomic E-state index is 11.9. The van der Waals surface area contributed by atoms with Gasteiger partial charge in [0.25, 0.3) is 0 Å². The summed E-state index contributed by atoms with van der Waals surface area (Å²) in [6.07, 6.45) is 1.65. The number of amides is 1. The van der Waals surface area contributed by atoms with Gasteiger partial charge in [0.05, 0.1) is 13.1 Å². The van der Waals surface area contributed by atoms with Crippen LogP contribution in [0.1, 0.15) is 5.82 Å². The summed E-state index contributed by atoms with van der Waals surface area (Å²) < 4.78 is 1.65. The smallest absolute Gasteiger partial charge is 0.236 e. The molecular weight excluding hydrogens is 232 g/mol. The van der Waals surface area contributed by atoms with E-state index in [9.17, 15) is 4.79 Å². The normalized spacial score (nSPS) is 17.1. The predicted molar refractivity (Wildman–Crippen MR) is 66.8 cm³/mol. The first-order chi connectivity index (χ1) is 8.65. The van der Waals surface area contributed by atoms with E-state index in [0.717, 1.165) is 26.2 Å². The van der Waals surface area contributed by atoms with Gasteiger partial charge in [-0.3, -0.25) is 9.48 Å². The Balaban J connectivity index is 1.68. The van der Waals surface area contributed by atoms with Crippen molar-refractivity contribution in [1.29, 1.82) is 0 Å². The summed E-state index contributed by atoms with van der Waals surface area (Å²) in [5.41, 5.74) is 0. The standard InChI is InChI=1S/C11H20N6O/c1-15-3-5-17(6-4-15)11(18)8-12-7-10-13-9-16(2)14-10/h9,12H,3-8H2,1-2H3. The minimum absolute atomic E-state index is 0.152. The van der Waals surface area contributed by atoms with Crippen LogP contribution < -0.4 is 5.32 Å². The third kappa shape index (κ3) is 3.51. The fraction of sp³-hybridized carbons (Fsp3) is 0.727. The van der Waals surface area contributed by atoms with E-state index in [2.05, 4.69) is 27.3 Å². The molecule has 1 aliphatic heterocycles. The van der Waals surface area contributed by atoms with Crippen molar-refractivity contribution in [2.75, 3.05) is 39.8 Å². The van der Waals surface area contributed by atoms with Crippen LogP contribution in [0.25, 0.3) is 0 Å². The summed E-state index contributed by atoms with van der Waals surface area (Å²) in [4.78, 5) is 20.1. The Labute approximate surface area is 107 Å². The van der Waals surface area contributed by atoms with E-state index in [1.54, 1.807) is 11.0 Å². The highest BCUT2D eigenvalue weighted by Crippen LogP contribution is 1.99. The maximum absolute atomic E-state index is 11.9. The SMILES string of the molecule is CN1CCN(C(=O)CNCc2ncn(C)n2)CC1. The quantitative estimate of drug-likeness (QED) is 0.720.